The molecule has 0 aromatic heterocycles. The molecule has 1 N–H and O–H groups in total. The highest BCUT2D eigenvalue weighted by Crippen LogP contribution is 2.18. The molecule has 1 amide bonds. The molecule has 0 bridgehead atoms. The van der Waals surface area contributed by atoms with Crippen molar-refractivity contribution in [3.63, 3.8) is 0 Å². The topological polar surface area (TPSA) is 35.6 Å². The van der Waals surface area contributed by atoms with Crippen molar-refractivity contribution < 1.29 is 4.79 Å². The first kappa shape index (κ1) is 15.4. The van der Waals surface area contributed by atoms with E-state index < -0.39 is 0 Å². The number of nitrogens with zero attached hydrogens (tertiary/aromatic N) is 2. The van der Waals surface area contributed by atoms with Gasteiger partial charge in [0.1, 0.15) is 0 Å². The summed E-state index contributed by atoms with van der Waals surface area (Å²) in [5.74, 6) is 0.682. The predicted molar refractivity (Wildman–Crippen MR) is 75.3 cm³/mol. The minimum atomic E-state index is 0.00866. The Morgan fingerprint density at radius 1 is 1.39 bits per heavy atom. The van der Waals surface area contributed by atoms with Crippen LogP contribution in [-0.4, -0.2) is 54.1 Å². The van der Waals surface area contributed by atoms with Crippen molar-refractivity contribution in [2.75, 3.05) is 20.1 Å². The number of likely N-dealkylation sites (N-methyl/N-ethyl adjacent to an activating group) is 1. The third-order valence-electron chi connectivity index (χ3n) is 4.23. The molecule has 4 heteroatoms. The van der Waals surface area contributed by atoms with Crippen LogP contribution in [0, 0.1) is 5.92 Å². The van der Waals surface area contributed by atoms with Gasteiger partial charge in [-0.05, 0) is 33.7 Å². The van der Waals surface area contributed by atoms with Gasteiger partial charge in [-0.25, -0.2) is 0 Å². The first-order valence-corrected chi connectivity index (χ1v) is 7.15. The Balaban J connectivity index is 2.54. The normalized spacial score (nSPS) is 26.4. The molecule has 1 aliphatic heterocycles. The Morgan fingerprint density at radius 3 is 2.50 bits per heavy atom. The molecule has 1 saturated heterocycles. The second-order valence-electron chi connectivity index (χ2n) is 5.81. The second-order valence-corrected chi connectivity index (χ2v) is 5.81. The van der Waals surface area contributed by atoms with Crippen molar-refractivity contribution in [2.24, 2.45) is 5.92 Å². The number of carbonyl (C=O) groups excluding carboxylic acids is 1. The standard InChI is InChI=1S/C14H29N3O/c1-7-11(4)13-14(18)17(12(5)15-13)9-8-16(6)10(2)3/h10-13,15H,7-9H2,1-6H3. The van der Waals surface area contributed by atoms with E-state index in [1.54, 1.807) is 0 Å². The maximum absolute atomic E-state index is 12.3. The average molecular weight is 255 g/mol. The monoisotopic (exact) mass is 255 g/mol. The highest BCUT2D eigenvalue weighted by Gasteiger charge is 2.38. The fraction of sp³-hybridized carbons (Fsp3) is 0.929. The van der Waals surface area contributed by atoms with Crippen molar-refractivity contribution in [2.45, 2.75) is 59.3 Å². The highest BCUT2D eigenvalue weighted by atomic mass is 16.2. The van der Waals surface area contributed by atoms with E-state index in [1.807, 2.05) is 4.90 Å². The molecule has 1 aliphatic rings. The molecule has 18 heavy (non-hydrogen) atoms. The van der Waals surface area contributed by atoms with Crippen LogP contribution in [-0.2, 0) is 4.79 Å². The van der Waals surface area contributed by atoms with Gasteiger partial charge in [-0.1, -0.05) is 20.3 Å². The third-order valence-corrected chi connectivity index (χ3v) is 4.23. The van der Waals surface area contributed by atoms with E-state index in [0.29, 0.717) is 12.0 Å². The largest absolute Gasteiger partial charge is 0.325 e. The van der Waals surface area contributed by atoms with Crippen LogP contribution in [0.25, 0.3) is 0 Å². The molecule has 106 valence electrons. The van der Waals surface area contributed by atoms with Gasteiger partial charge in [0.05, 0.1) is 12.2 Å². The van der Waals surface area contributed by atoms with Gasteiger partial charge < -0.3 is 9.80 Å². The van der Waals surface area contributed by atoms with Crippen LogP contribution < -0.4 is 5.32 Å². The van der Waals surface area contributed by atoms with Gasteiger partial charge in [-0.3, -0.25) is 10.1 Å². The Bertz CT molecular complexity index is 280. The van der Waals surface area contributed by atoms with Crippen LogP contribution >= 0.6 is 0 Å². The van der Waals surface area contributed by atoms with Gasteiger partial charge in [-0.15, -0.1) is 0 Å². The summed E-state index contributed by atoms with van der Waals surface area (Å²) in [5.41, 5.74) is 0. The Morgan fingerprint density at radius 2 is 2.00 bits per heavy atom. The number of hydrogen-bond donors (Lipinski definition) is 1. The lowest BCUT2D eigenvalue weighted by Gasteiger charge is -2.26. The molecule has 0 aromatic rings. The van der Waals surface area contributed by atoms with E-state index in [0.717, 1.165) is 19.5 Å². The maximum Gasteiger partial charge on any atom is 0.241 e. The molecule has 0 radical (unpaired) electrons. The quantitative estimate of drug-likeness (QED) is 0.781. The molecule has 0 saturated carbocycles. The van der Waals surface area contributed by atoms with Crippen LogP contribution in [0.4, 0.5) is 0 Å². The minimum Gasteiger partial charge on any atom is -0.325 e. The molecule has 3 unspecified atom stereocenters. The molecule has 1 fully saturated rings. The lowest BCUT2D eigenvalue weighted by molar-refractivity contribution is -0.130. The third kappa shape index (κ3) is 3.45. The first-order chi connectivity index (χ1) is 8.38. The molecule has 0 aliphatic carbocycles. The zero-order chi connectivity index (χ0) is 13.9. The Hall–Kier alpha value is -0.610. The summed E-state index contributed by atoms with van der Waals surface area (Å²) in [7, 11) is 2.11. The van der Waals surface area contributed by atoms with Gasteiger partial charge >= 0.3 is 0 Å². The smallest absolute Gasteiger partial charge is 0.241 e. The van der Waals surface area contributed by atoms with Crippen LogP contribution in [0.3, 0.4) is 0 Å². The van der Waals surface area contributed by atoms with E-state index in [1.165, 1.54) is 0 Å². The Kier molecular flexibility index (Phi) is 5.60. The average Bonchev–Trinajstić information content (AvgIpc) is 2.61. The molecular formula is C14H29N3O. The second kappa shape index (κ2) is 6.53. The van der Waals surface area contributed by atoms with Crippen molar-refractivity contribution in [3.8, 4) is 0 Å². The summed E-state index contributed by atoms with van der Waals surface area (Å²) in [6, 6.07) is 0.533. The van der Waals surface area contributed by atoms with Gasteiger partial charge in [0.25, 0.3) is 0 Å². The summed E-state index contributed by atoms with van der Waals surface area (Å²) < 4.78 is 0. The van der Waals surface area contributed by atoms with Gasteiger partial charge in [0.15, 0.2) is 0 Å². The fourth-order valence-electron chi connectivity index (χ4n) is 2.26. The molecule has 1 rings (SSSR count). The fourth-order valence-corrected chi connectivity index (χ4v) is 2.26. The number of carbonyl (C=O) groups is 1. The van der Waals surface area contributed by atoms with Crippen LogP contribution in [0.1, 0.15) is 41.0 Å². The number of rotatable bonds is 6. The summed E-state index contributed by atoms with van der Waals surface area (Å²) in [5, 5.41) is 3.42. The number of nitrogens with one attached hydrogen (secondary N) is 1. The van der Waals surface area contributed by atoms with Crippen LogP contribution in [0.15, 0.2) is 0 Å². The molecular weight excluding hydrogens is 226 g/mol. The first-order valence-electron chi connectivity index (χ1n) is 7.15. The lowest BCUT2D eigenvalue weighted by atomic mass is 9.99. The van der Waals surface area contributed by atoms with E-state index in [2.05, 4.69) is 51.9 Å². The Labute approximate surface area is 112 Å². The molecule has 0 aromatic carbocycles. The van der Waals surface area contributed by atoms with E-state index in [-0.39, 0.29) is 18.1 Å². The number of hydrogen-bond acceptors (Lipinski definition) is 3. The molecule has 4 nitrogen and oxygen atoms in total. The minimum absolute atomic E-state index is 0.00866. The van der Waals surface area contributed by atoms with Gasteiger partial charge in [0.2, 0.25) is 5.91 Å². The van der Waals surface area contributed by atoms with E-state index >= 15 is 0 Å². The molecule has 1 heterocycles. The lowest BCUT2D eigenvalue weighted by Crippen LogP contribution is -2.41. The van der Waals surface area contributed by atoms with E-state index in [9.17, 15) is 4.79 Å². The molecule has 0 spiro atoms. The van der Waals surface area contributed by atoms with Gasteiger partial charge in [0, 0.05) is 19.1 Å². The summed E-state index contributed by atoms with van der Waals surface area (Å²) in [6.07, 6.45) is 1.20. The predicted octanol–water partition coefficient (Wildman–Crippen LogP) is 1.52. The summed E-state index contributed by atoms with van der Waals surface area (Å²) >= 11 is 0. The van der Waals surface area contributed by atoms with Crippen molar-refractivity contribution >= 4 is 5.91 Å². The van der Waals surface area contributed by atoms with Crippen molar-refractivity contribution in [1.82, 2.24) is 15.1 Å². The molecule has 3 atom stereocenters. The van der Waals surface area contributed by atoms with Crippen LogP contribution in [0.5, 0.6) is 0 Å². The van der Waals surface area contributed by atoms with E-state index in [4.69, 9.17) is 0 Å². The highest BCUT2D eigenvalue weighted by molar-refractivity contribution is 5.84. The zero-order valence-electron chi connectivity index (χ0n) is 12.7. The summed E-state index contributed by atoms with van der Waals surface area (Å²) in [6.45, 7) is 12.5. The van der Waals surface area contributed by atoms with Crippen molar-refractivity contribution in [3.05, 3.63) is 0 Å². The SMILES string of the molecule is CCC(C)C1NC(C)N(CCN(C)C(C)C)C1=O. The summed E-state index contributed by atoms with van der Waals surface area (Å²) in [4.78, 5) is 16.6. The van der Waals surface area contributed by atoms with Gasteiger partial charge in [-0.2, -0.15) is 0 Å². The van der Waals surface area contributed by atoms with Crippen molar-refractivity contribution in [1.29, 1.82) is 0 Å². The maximum atomic E-state index is 12.3. The van der Waals surface area contributed by atoms with Crippen LogP contribution in [0.2, 0.25) is 0 Å². The zero-order valence-corrected chi connectivity index (χ0v) is 12.7. The number of amides is 1.